The average Bonchev–Trinajstić information content (AvgIpc) is 0. The molecule has 0 unspecified atom stereocenters. The minimum atomic E-state index is 0. The molecule has 0 radical (unpaired) electrons. The molecule has 0 aliphatic carbocycles. The summed E-state index contributed by atoms with van der Waals surface area (Å²) in [6, 6.07) is 0. The van der Waals surface area contributed by atoms with Crippen molar-refractivity contribution in [2.24, 2.45) is 0 Å². The first-order valence-corrected chi connectivity index (χ1v) is 0. The average molecular weight is 394 g/mol. The fourth-order valence-corrected chi connectivity index (χ4v) is 0. The van der Waals surface area contributed by atoms with E-state index in [1.54, 1.807) is 0 Å². The molecule has 4 heteroatoms. The zero-order chi connectivity index (χ0) is 0. The molecule has 0 aromatic rings. The van der Waals surface area contributed by atoms with Crippen molar-refractivity contribution in [2.45, 2.75) is 0 Å². The third-order valence-electron chi connectivity index (χ3n) is 0. The normalized spacial score (nSPS) is 0. The molecule has 0 aromatic heterocycles. The standard InChI is InChI=1S/Ni.Pd.Pt.H2S/h;;;1H2. The van der Waals surface area contributed by atoms with Gasteiger partial charge in [0, 0.05) is 58.0 Å². The van der Waals surface area contributed by atoms with Crippen molar-refractivity contribution in [2.75, 3.05) is 0 Å². The van der Waals surface area contributed by atoms with Crippen LogP contribution in [0.15, 0.2) is 0 Å². The smallest absolute Gasteiger partial charge is 0 e. The van der Waals surface area contributed by atoms with Crippen molar-refractivity contribution in [3.05, 3.63) is 0 Å². The van der Waals surface area contributed by atoms with Crippen LogP contribution in [-0.4, -0.2) is 0 Å². The van der Waals surface area contributed by atoms with E-state index in [9.17, 15) is 0 Å². The van der Waals surface area contributed by atoms with Crippen LogP contribution in [0.3, 0.4) is 0 Å². The zero-order valence-corrected chi connectivity index (χ0v) is 7.26. The summed E-state index contributed by atoms with van der Waals surface area (Å²) in [6.07, 6.45) is 0. The Morgan fingerprint density at radius 1 is 1.00 bits per heavy atom. The monoisotopic (exact) mass is 393 g/mol. The fraction of sp³-hybridized carbons (Fsp3) is 0. The minimum absolute atomic E-state index is 0. The maximum Gasteiger partial charge on any atom is 0 e. The number of rotatable bonds is 0. The Bertz CT molecular complexity index is 8.00. The SMILES string of the molecule is S.[Ni].[Pd].[Pt]. The molecule has 0 saturated heterocycles. The van der Waals surface area contributed by atoms with Gasteiger partial charge in [-0.3, -0.25) is 0 Å². The maximum atomic E-state index is 0. The summed E-state index contributed by atoms with van der Waals surface area (Å²) in [6.45, 7) is 0. The van der Waals surface area contributed by atoms with E-state index in [-0.39, 0.29) is 71.5 Å². The summed E-state index contributed by atoms with van der Waals surface area (Å²) in [7, 11) is 0. The largest absolute Gasteiger partial charge is 0.197 e. The molecule has 0 nitrogen and oxygen atoms in total. The molecule has 38 valence electrons. The van der Waals surface area contributed by atoms with Crippen LogP contribution >= 0.6 is 13.5 Å². The van der Waals surface area contributed by atoms with E-state index in [4.69, 9.17) is 0 Å². The maximum absolute atomic E-state index is 0. The van der Waals surface area contributed by atoms with E-state index >= 15 is 0 Å². The van der Waals surface area contributed by atoms with Gasteiger partial charge in [0.1, 0.15) is 0 Å². The second-order valence-electron chi connectivity index (χ2n) is 0. The molecular formula is H2NiPdPtS. The first-order chi connectivity index (χ1) is 0. The topological polar surface area (TPSA) is 0 Å². The van der Waals surface area contributed by atoms with Crippen LogP contribution in [0, 0.1) is 0 Å². The zero-order valence-electron chi connectivity index (χ0n) is 1.45. The van der Waals surface area contributed by atoms with Crippen LogP contribution in [0.2, 0.25) is 0 Å². The van der Waals surface area contributed by atoms with E-state index in [1.807, 2.05) is 0 Å². The van der Waals surface area contributed by atoms with E-state index in [1.165, 1.54) is 0 Å². The molecule has 0 aliphatic heterocycles. The summed E-state index contributed by atoms with van der Waals surface area (Å²) in [4.78, 5) is 0. The van der Waals surface area contributed by atoms with Crippen molar-refractivity contribution in [1.82, 2.24) is 0 Å². The van der Waals surface area contributed by atoms with Crippen molar-refractivity contribution in [3.63, 3.8) is 0 Å². The molecule has 0 fully saturated rings. The van der Waals surface area contributed by atoms with Gasteiger partial charge in [-0.25, -0.2) is 0 Å². The third-order valence-corrected chi connectivity index (χ3v) is 0. The Balaban J connectivity index is 0. The van der Waals surface area contributed by atoms with Gasteiger partial charge in [0.25, 0.3) is 0 Å². The molecule has 0 aromatic carbocycles. The first-order valence-electron chi connectivity index (χ1n) is 0. The Kier molecular flexibility index (Phi) is 165. The Morgan fingerprint density at radius 3 is 1.00 bits per heavy atom. The van der Waals surface area contributed by atoms with Crippen LogP contribution in [0.5, 0.6) is 0 Å². The summed E-state index contributed by atoms with van der Waals surface area (Å²) in [5.74, 6) is 0. The molecule has 4 heavy (non-hydrogen) atoms. The minimum Gasteiger partial charge on any atom is -0.197 e. The summed E-state index contributed by atoms with van der Waals surface area (Å²) in [5, 5.41) is 0. The molecule has 0 aliphatic rings. The first kappa shape index (κ1) is 34.7. The predicted octanol–water partition coefficient (Wildman–Crippen LogP) is 0.105. The van der Waals surface area contributed by atoms with Gasteiger partial charge in [-0.15, -0.1) is 0 Å². The molecule has 0 bridgehead atoms. The van der Waals surface area contributed by atoms with Gasteiger partial charge in [0.05, 0.1) is 0 Å². The van der Waals surface area contributed by atoms with E-state index < -0.39 is 0 Å². The molecule has 0 N–H and O–H groups in total. The van der Waals surface area contributed by atoms with Gasteiger partial charge >= 0.3 is 0 Å². The number of hydrogen-bond donors (Lipinski definition) is 0. The molecule has 0 heterocycles. The van der Waals surface area contributed by atoms with Crippen LogP contribution in [0.1, 0.15) is 0 Å². The summed E-state index contributed by atoms with van der Waals surface area (Å²) in [5.41, 5.74) is 0. The van der Waals surface area contributed by atoms with Crippen LogP contribution in [0.4, 0.5) is 0 Å². The number of hydrogen-bond acceptors (Lipinski definition) is 0. The van der Waals surface area contributed by atoms with Crippen LogP contribution < -0.4 is 0 Å². The van der Waals surface area contributed by atoms with E-state index in [0.717, 1.165) is 0 Å². The van der Waals surface area contributed by atoms with Gasteiger partial charge in [0.2, 0.25) is 0 Å². The second-order valence-corrected chi connectivity index (χ2v) is 0. The fourth-order valence-electron chi connectivity index (χ4n) is 0. The van der Waals surface area contributed by atoms with Gasteiger partial charge in [-0.05, 0) is 0 Å². The Hall–Kier alpha value is 2.19. The Labute approximate surface area is 70.8 Å². The summed E-state index contributed by atoms with van der Waals surface area (Å²) < 4.78 is 0. The van der Waals surface area contributed by atoms with Crippen molar-refractivity contribution in [1.29, 1.82) is 0 Å². The second kappa shape index (κ2) is 19.0. The third kappa shape index (κ3) is 8.89. The summed E-state index contributed by atoms with van der Waals surface area (Å²) >= 11 is 0. The van der Waals surface area contributed by atoms with E-state index in [2.05, 4.69) is 0 Å². The van der Waals surface area contributed by atoms with Crippen molar-refractivity contribution < 1.29 is 58.0 Å². The van der Waals surface area contributed by atoms with Crippen molar-refractivity contribution >= 4 is 13.5 Å². The van der Waals surface area contributed by atoms with Gasteiger partial charge in [0.15, 0.2) is 0 Å². The van der Waals surface area contributed by atoms with E-state index in [0.29, 0.717) is 0 Å². The molecular weight excluding hydrogens is 392 g/mol. The van der Waals surface area contributed by atoms with Gasteiger partial charge in [-0.2, -0.15) is 13.5 Å². The Morgan fingerprint density at radius 2 is 1.00 bits per heavy atom. The molecule has 0 spiro atoms. The predicted molar refractivity (Wildman–Crippen MR) is 10.4 cm³/mol. The molecule has 0 rings (SSSR count). The van der Waals surface area contributed by atoms with Crippen LogP contribution in [-0.2, 0) is 58.0 Å². The molecule has 0 saturated carbocycles. The van der Waals surface area contributed by atoms with Gasteiger partial charge in [-0.1, -0.05) is 0 Å². The molecule has 0 amide bonds. The van der Waals surface area contributed by atoms with Crippen LogP contribution in [0.25, 0.3) is 0 Å². The van der Waals surface area contributed by atoms with Crippen molar-refractivity contribution in [3.8, 4) is 0 Å². The van der Waals surface area contributed by atoms with Gasteiger partial charge < -0.3 is 0 Å². The molecule has 0 atom stereocenters. The quantitative estimate of drug-likeness (QED) is 0.512.